The van der Waals surface area contributed by atoms with Crippen molar-refractivity contribution < 1.29 is 8.42 Å². The molecule has 0 aromatic carbocycles. The topological polar surface area (TPSA) is 70.5 Å². The number of hydrogen-bond donors (Lipinski definition) is 1. The molecule has 0 bridgehead atoms. The average molecular weight is 356 g/mol. The molecular weight excluding hydrogens is 326 g/mol. The third kappa shape index (κ3) is 4.78. The summed E-state index contributed by atoms with van der Waals surface area (Å²) in [5.74, 6) is 0.763. The summed E-state index contributed by atoms with van der Waals surface area (Å²) in [4.78, 5) is 5.08. The Morgan fingerprint density at radius 2 is 2.12 bits per heavy atom. The van der Waals surface area contributed by atoms with E-state index in [2.05, 4.69) is 26.5 Å². The Morgan fingerprint density at radius 3 is 2.88 bits per heavy atom. The molecule has 0 radical (unpaired) electrons. The number of hydrogen-bond acceptors (Lipinski definition) is 5. The summed E-state index contributed by atoms with van der Waals surface area (Å²) in [6, 6.07) is 2.03. The van der Waals surface area contributed by atoms with Gasteiger partial charge in [0.15, 0.2) is 0 Å². The number of piperidine rings is 1. The van der Waals surface area contributed by atoms with E-state index in [0.29, 0.717) is 0 Å². The largest absolute Gasteiger partial charge is 0.303 e. The molecule has 2 aliphatic rings. The van der Waals surface area contributed by atoms with E-state index in [4.69, 9.17) is 0 Å². The number of aromatic nitrogens is 2. The highest BCUT2D eigenvalue weighted by atomic mass is 32.2. The molecule has 1 unspecified atom stereocenters. The van der Waals surface area contributed by atoms with Crippen molar-refractivity contribution in [2.45, 2.75) is 39.4 Å². The van der Waals surface area contributed by atoms with Crippen molar-refractivity contribution in [2.75, 3.05) is 39.0 Å². The molecule has 8 heteroatoms. The van der Waals surface area contributed by atoms with Crippen LogP contribution in [-0.4, -0.2) is 67.0 Å². The number of nitrogens with one attached hydrogen (secondary N) is 1. The molecular formula is C16H29N5O2S. The third-order valence-electron chi connectivity index (χ3n) is 5.01. The highest BCUT2D eigenvalue weighted by Crippen LogP contribution is 2.20. The normalized spacial score (nSPS) is 23.3. The average Bonchev–Trinajstić information content (AvgIpc) is 2.95. The van der Waals surface area contributed by atoms with Gasteiger partial charge in [-0.05, 0) is 37.9 Å². The fourth-order valence-corrected chi connectivity index (χ4v) is 4.19. The predicted molar refractivity (Wildman–Crippen MR) is 94.0 cm³/mol. The Morgan fingerprint density at radius 1 is 1.29 bits per heavy atom. The molecule has 136 valence electrons. The van der Waals surface area contributed by atoms with Crippen molar-refractivity contribution in [1.82, 2.24) is 24.3 Å². The Hall–Kier alpha value is -0.960. The molecule has 2 aliphatic heterocycles. The molecule has 1 saturated heterocycles. The van der Waals surface area contributed by atoms with Gasteiger partial charge >= 0.3 is 0 Å². The van der Waals surface area contributed by atoms with Crippen LogP contribution in [0.5, 0.6) is 0 Å². The van der Waals surface area contributed by atoms with E-state index in [1.165, 1.54) is 37.9 Å². The van der Waals surface area contributed by atoms with E-state index in [9.17, 15) is 8.42 Å². The molecule has 1 N–H and O–H groups in total. The molecule has 0 spiro atoms. The SMILES string of the molecule is CCN1CCCC(CN2CCn3nc(CNS(C)(=O)=O)cc3C2)C1. The number of likely N-dealkylation sites (tertiary alicyclic amines) is 1. The lowest BCUT2D eigenvalue weighted by atomic mass is 9.97. The number of rotatable bonds is 6. The van der Waals surface area contributed by atoms with Crippen LogP contribution in [-0.2, 0) is 29.7 Å². The second kappa shape index (κ2) is 7.51. The Balaban J connectivity index is 1.55. The standard InChI is InChI=1S/C16H29N5O2S/c1-3-19-6-4-5-14(11-19)12-20-7-8-21-16(13-20)9-15(18-21)10-17-24(2,22)23/h9,14,17H,3-8,10-13H2,1-2H3. The van der Waals surface area contributed by atoms with Gasteiger partial charge in [-0.3, -0.25) is 9.58 Å². The minimum atomic E-state index is -3.18. The number of sulfonamides is 1. The minimum Gasteiger partial charge on any atom is -0.303 e. The molecule has 0 amide bonds. The van der Waals surface area contributed by atoms with Gasteiger partial charge in [-0.25, -0.2) is 13.1 Å². The van der Waals surface area contributed by atoms with Gasteiger partial charge in [-0.15, -0.1) is 0 Å². The van der Waals surface area contributed by atoms with Crippen LogP contribution in [0.4, 0.5) is 0 Å². The van der Waals surface area contributed by atoms with Gasteiger partial charge in [-0.2, -0.15) is 5.10 Å². The molecule has 1 atom stereocenters. The van der Waals surface area contributed by atoms with Gasteiger partial charge in [0, 0.05) is 26.2 Å². The maximum absolute atomic E-state index is 11.2. The van der Waals surface area contributed by atoms with Crippen LogP contribution in [0, 0.1) is 5.92 Å². The highest BCUT2D eigenvalue weighted by molar-refractivity contribution is 7.88. The summed E-state index contributed by atoms with van der Waals surface area (Å²) in [7, 11) is -3.18. The van der Waals surface area contributed by atoms with Crippen molar-refractivity contribution in [3.8, 4) is 0 Å². The second-order valence-electron chi connectivity index (χ2n) is 7.08. The van der Waals surface area contributed by atoms with Crippen molar-refractivity contribution in [3.05, 3.63) is 17.5 Å². The van der Waals surface area contributed by atoms with Crippen LogP contribution in [0.15, 0.2) is 6.07 Å². The fraction of sp³-hybridized carbons (Fsp3) is 0.812. The Labute approximate surface area is 145 Å². The van der Waals surface area contributed by atoms with E-state index >= 15 is 0 Å². The van der Waals surface area contributed by atoms with Crippen molar-refractivity contribution in [3.63, 3.8) is 0 Å². The Bertz CT molecular complexity index is 657. The van der Waals surface area contributed by atoms with Crippen LogP contribution in [0.2, 0.25) is 0 Å². The zero-order valence-corrected chi connectivity index (χ0v) is 15.6. The van der Waals surface area contributed by atoms with Crippen LogP contribution < -0.4 is 4.72 Å². The van der Waals surface area contributed by atoms with Crippen molar-refractivity contribution >= 4 is 10.0 Å². The first-order valence-electron chi connectivity index (χ1n) is 8.88. The summed E-state index contributed by atoms with van der Waals surface area (Å²) in [6.07, 6.45) is 3.82. The summed E-state index contributed by atoms with van der Waals surface area (Å²) < 4.78 is 27.0. The maximum atomic E-state index is 11.2. The Kier molecular flexibility index (Phi) is 5.59. The smallest absolute Gasteiger partial charge is 0.209 e. The molecule has 0 aliphatic carbocycles. The van der Waals surface area contributed by atoms with E-state index in [0.717, 1.165) is 44.3 Å². The van der Waals surface area contributed by atoms with E-state index < -0.39 is 10.0 Å². The highest BCUT2D eigenvalue weighted by Gasteiger charge is 2.24. The van der Waals surface area contributed by atoms with E-state index in [1.54, 1.807) is 0 Å². The van der Waals surface area contributed by atoms with Crippen LogP contribution in [0.3, 0.4) is 0 Å². The molecule has 1 fully saturated rings. The maximum Gasteiger partial charge on any atom is 0.209 e. The molecule has 3 heterocycles. The number of fused-ring (bicyclic) bond motifs is 1. The summed E-state index contributed by atoms with van der Waals surface area (Å²) >= 11 is 0. The van der Waals surface area contributed by atoms with E-state index in [-0.39, 0.29) is 6.54 Å². The van der Waals surface area contributed by atoms with E-state index in [1.807, 2.05) is 10.7 Å². The summed E-state index contributed by atoms with van der Waals surface area (Å²) in [5.41, 5.74) is 1.99. The lowest BCUT2D eigenvalue weighted by molar-refractivity contribution is 0.120. The molecule has 24 heavy (non-hydrogen) atoms. The van der Waals surface area contributed by atoms with Crippen LogP contribution in [0.25, 0.3) is 0 Å². The monoisotopic (exact) mass is 355 g/mol. The summed E-state index contributed by atoms with van der Waals surface area (Å²) in [5, 5.41) is 4.52. The first-order valence-corrected chi connectivity index (χ1v) is 10.8. The van der Waals surface area contributed by atoms with Gasteiger partial charge < -0.3 is 4.90 Å². The van der Waals surface area contributed by atoms with Gasteiger partial charge in [0.25, 0.3) is 0 Å². The third-order valence-corrected chi connectivity index (χ3v) is 5.68. The lowest BCUT2D eigenvalue weighted by Crippen LogP contribution is -2.43. The molecule has 1 aromatic heterocycles. The van der Waals surface area contributed by atoms with Crippen LogP contribution >= 0.6 is 0 Å². The van der Waals surface area contributed by atoms with Gasteiger partial charge in [0.1, 0.15) is 0 Å². The molecule has 0 saturated carbocycles. The molecule has 1 aromatic rings. The first-order chi connectivity index (χ1) is 11.4. The zero-order chi connectivity index (χ0) is 17.2. The lowest BCUT2D eigenvalue weighted by Gasteiger charge is -2.36. The van der Waals surface area contributed by atoms with Crippen LogP contribution in [0.1, 0.15) is 31.2 Å². The van der Waals surface area contributed by atoms with Crippen molar-refractivity contribution in [1.29, 1.82) is 0 Å². The fourth-order valence-electron chi connectivity index (χ4n) is 3.78. The predicted octanol–water partition coefficient (Wildman–Crippen LogP) is 0.480. The molecule has 7 nitrogen and oxygen atoms in total. The zero-order valence-electron chi connectivity index (χ0n) is 14.7. The van der Waals surface area contributed by atoms with Gasteiger partial charge in [-0.1, -0.05) is 6.92 Å². The number of nitrogens with zero attached hydrogens (tertiary/aromatic N) is 4. The minimum absolute atomic E-state index is 0.271. The van der Waals surface area contributed by atoms with Crippen molar-refractivity contribution in [2.24, 2.45) is 5.92 Å². The second-order valence-corrected chi connectivity index (χ2v) is 8.91. The first kappa shape index (κ1) is 17.8. The summed E-state index contributed by atoms with van der Waals surface area (Å²) in [6.45, 7) is 10.1. The van der Waals surface area contributed by atoms with Gasteiger partial charge in [0.2, 0.25) is 10.0 Å². The molecule has 3 rings (SSSR count). The van der Waals surface area contributed by atoms with Gasteiger partial charge in [0.05, 0.1) is 30.7 Å². The quantitative estimate of drug-likeness (QED) is 0.804.